The molecule has 6 heteroatoms. The Hall–Kier alpha value is -3.15. The Balaban J connectivity index is 4.36. The van der Waals surface area contributed by atoms with E-state index in [0.717, 1.165) is 109 Å². The zero-order chi connectivity index (χ0) is 43.7. The molecular formula is C54H92O6. The van der Waals surface area contributed by atoms with Crippen LogP contribution in [0.1, 0.15) is 233 Å². The van der Waals surface area contributed by atoms with Gasteiger partial charge >= 0.3 is 17.9 Å². The van der Waals surface area contributed by atoms with Crippen molar-refractivity contribution in [2.75, 3.05) is 13.2 Å². The van der Waals surface area contributed by atoms with E-state index in [-0.39, 0.29) is 31.1 Å². The number of carbonyl (C=O) groups is 3. The maximum atomic E-state index is 12.7. The molecule has 0 rings (SSSR count). The van der Waals surface area contributed by atoms with Crippen molar-refractivity contribution in [2.45, 2.75) is 239 Å². The third-order valence-electron chi connectivity index (χ3n) is 10.4. The van der Waals surface area contributed by atoms with Crippen molar-refractivity contribution in [3.63, 3.8) is 0 Å². The quantitative estimate of drug-likeness (QED) is 0.0263. The summed E-state index contributed by atoms with van der Waals surface area (Å²) in [6, 6.07) is 0. The van der Waals surface area contributed by atoms with Crippen LogP contribution >= 0.6 is 0 Å². The summed E-state index contributed by atoms with van der Waals surface area (Å²) in [5.74, 6) is -0.939. The maximum Gasteiger partial charge on any atom is 0.306 e. The molecule has 0 spiro atoms. The fourth-order valence-corrected chi connectivity index (χ4v) is 6.66. The van der Waals surface area contributed by atoms with Gasteiger partial charge in [-0.3, -0.25) is 14.4 Å². The topological polar surface area (TPSA) is 78.9 Å². The Labute approximate surface area is 370 Å². The van der Waals surface area contributed by atoms with Crippen molar-refractivity contribution in [3.05, 3.63) is 72.9 Å². The molecule has 0 saturated carbocycles. The zero-order valence-corrected chi connectivity index (χ0v) is 39.2. The Morgan fingerprint density at radius 2 is 0.683 bits per heavy atom. The summed E-state index contributed by atoms with van der Waals surface area (Å²) in [4.78, 5) is 37.8. The lowest BCUT2D eigenvalue weighted by molar-refractivity contribution is -0.167. The van der Waals surface area contributed by atoms with Crippen molar-refractivity contribution in [2.24, 2.45) is 0 Å². The Kier molecular flexibility index (Phi) is 46.0. The van der Waals surface area contributed by atoms with Gasteiger partial charge in [-0.1, -0.05) is 184 Å². The van der Waals surface area contributed by atoms with Crippen LogP contribution in [0.2, 0.25) is 0 Å². The molecule has 0 aliphatic carbocycles. The van der Waals surface area contributed by atoms with Gasteiger partial charge < -0.3 is 14.2 Å². The van der Waals surface area contributed by atoms with Gasteiger partial charge in [-0.15, -0.1) is 0 Å². The van der Waals surface area contributed by atoms with Crippen molar-refractivity contribution in [1.29, 1.82) is 0 Å². The standard InChI is InChI=1S/C54H92O6/c1-4-7-10-13-16-19-22-24-25-26-27-28-29-31-32-35-38-41-44-47-53(56)59-50-51(49-58-52(55)46-43-40-37-34-21-18-15-12-9-6-3)60-54(57)48-45-42-39-36-33-30-23-20-17-14-11-8-5-2/h8,11-12,15-17,19-20,24-25,30,33,51H,4-7,9-10,13-14,18,21-23,26-29,31-32,34-50H2,1-3H3/b11-8-,15-12-,19-16-,20-17-,25-24-,33-30-. The fraction of sp³-hybridized carbons (Fsp3) is 0.722. The van der Waals surface area contributed by atoms with E-state index in [0.29, 0.717) is 19.3 Å². The van der Waals surface area contributed by atoms with Crippen molar-refractivity contribution >= 4 is 17.9 Å². The van der Waals surface area contributed by atoms with Crippen molar-refractivity contribution in [3.8, 4) is 0 Å². The summed E-state index contributed by atoms with van der Waals surface area (Å²) in [7, 11) is 0. The molecule has 0 heterocycles. The largest absolute Gasteiger partial charge is 0.462 e. The molecule has 0 bridgehead atoms. The zero-order valence-electron chi connectivity index (χ0n) is 39.2. The van der Waals surface area contributed by atoms with Crippen LogP contribution in [0.4, 0.5) is 0 Å². The second-order valence-corrected chi connectivity index (χ2v) is 16.3. The highest BCUT2D eigenvalue weighted by Crippen LogP contribution is 2.14. The molecular weight excluding hydrogens is 745 g/mol. The van der Waals surface area contributed by atoms with Crippen LogP contribution in [0.25, 0.3) is 0 Å². The Morgan fingerprint density at radius 3 is 1.12 bits per heavy atom. The van der Waals surface area contributed by atoms with Gasteiger partial charge in [0.05, 0.1) is 0 Å². The fourth-order valence-electron chi connectivity index (χ4n) is 6.66. The van der Waals surface area contributed by atoms with E-state index in [1.165, 1.54) is 83.5 Å². The van der Waals surface area contributed by atoms with E-state index in [4.69, 9.17) is 14.2 Å². The Bertz CT molecular complexity index is 1140. The molecule has 0 saturated heterocycles. The van der Waals surface area contributed by atoms with Gasteiger partial charge in [-0.25, -0.2) is 0 Å². The molecule has 60 heavy (non-hydrogen) atoms. The van der Waals surface area contributed by atoms with E-state index < -0.39 is 6.10 Å². The molecule has 0 radical (unpaired) electrons. The van der Waals surface area contributed by atoms with E-state index in [1.54, 1.807) is 0 Å². The lowest BCUT2D eigenvalue weighted by atomic mass is 10.1. The first kappa shape index (κ1) is 56.9. The van der Waals surface area contributed by atoms with Crippen LogP contribution in [-0.2, 0) is 28.6 Å². The molecule has 1 atom stereocenters. The summed E-state index contributed by atoms with van der Waals surface area (Å²) >= 11 is 0. The minimum atomic E-state index is -0.794. The molecule has 0 aromatic carbocycles. The molecule has 0 aliphatic rings. The summed E-state index contributed by atoms with van der Waals surface area (Å²) in [6.45, 7) is 6.39. The predicted octanol–water partition coefficient (Wildman–Crippen LogP) is 16.3. The van der Waals surface area contributed by atoms with Gasteiger partial charge in [-0.05, 0) is 103 Å². The van der Waals surface area contributed by atoms with E-state index in [2.05, 4.69) is 93.7 Å². The van der Waals surface area contributed by atoms with Gasteiger partial charge in [0.1, 0.15) is 13.2 Å². The second kappa shape index (κ2) is 48.5. The van der Waals surface area contributed by atoms with E-state index in [1.807, 2.05) is 0 Å². The normalized spacial score (nSPS) is 12.7. The number of hydrogen-bond acceptors (Lipinski definition) is 6. The van der Waals surface area contributed by atoms with Crippen molar-refractivity contribution < 1.29 is 28.6 Å². The highest BCUT2D eigenvalue weighted by molar-refractivity contribution is 5.71. The highest BCUT2D eigenvalue weighted by atomic mass is 16.6. The SMILES string of the molecule is CC/C=C\C/C=C\C/C=C\CCCCCC(=O)OC(COC(=O)CCCCCCC/C=C\CCC)COC(=O)CCCCCCCCCCC/C=C\C/C=C\CCCCC. The molecule has 0 amide bonds. The molecule has 0 fully saturated rings. The first-order valence-electron chi connectivity index (χ1n) is 24.9. The van der Waals surface area contributed by atoms with Crippen LogP contribution in [0.5, 0.6) is 0 Å². The Morgan fingerprint density at radius 1 is 0.350 bits per heavy atom. The molecule has 0 N–H and O–H groups in total. The van der Waals surface area contributed by atoms with Gasteiger partial charge in [0.25, 0.3) is 0 Å². The second-order valence-electron chi connectivity index (χ2n) is 16.3. The maximum absolute atomic E-state index is 12.7. The molecule has 0 aromatic heterocycles. The third kappa shape index (κ3) is 45.9. The predicted molar refractivity (Wildman–Crippen MR) is 256 cm³/mol. The third-order valence-corrected chi connectivity index (χ3v) is 10.4. The number of unbranched alkanes of at least 4 members (excludes halogenated alkanes) is 21. The molecule has 344 valence electrons. The first-order valence-corrected chi connectivity index (χ1v) is 24.9. The molecule has 0 aliphatic heterocycles. The van der Waals surface area contributed by atoms with Crippen LogP contribution in [-0.4, -0.2) is 37.2 Å². The van der Waals surface area contributed by atoms with Crippen LogP contribution in [0, 0.1) is 0 Å². The highest BCUT2D eigenvalue weighted by Gasteiger charge is 2.19. The smallest absolute Gasteiger partial charge is 0.306 e. The van der Waals surface area contributed by atoms with Crippen LogP contribution in [0.3, 0.4) is 0 Å². The van der Waals surface area contributed by atoms with E-state index in [9.17, 15) is 14.4 Å². The minimum Gasteiger partial charge on any atom is -0.462 e. The minimum absolute atomic E-state index is 0.0926. The molecule has 1 unspecified atom stereocenters. The summed E-state index contributed by atoms with van der Waals surface area (Å²) in [5, 5.41) is 0. The number of hydrogen-bond donors (Lipinski definition) is 0. The molecule has 6 nitrogen and oxygen atoms in total. The lowest BCUT2D eigenvalue weighted by Gasteiger charge is -2.18. The average molecular weight is 837 g/mol. The number of ether oxygens (including phenoxy) is 3. The number of allylic oxidation sites excluding steroid dienone is 12. The monoisotopic (exact) mass is 837 g/mol. The lowest BCUT2D eigenvalue weighted by Crippen LogP contribution is -2.30. The molecule has 0 aromatic rings. The number of esters is 3. The summed E-state index contributed by atoms with van der Waals surface area (Å²) < 4.78 is 16.7. The average Bonchev–Trinajstić information content (AvgIpc) is 3.24. The first-order chi connectivity index (χ1) is 29.5. The van der Waals surface area contributed by atoms with Gasteiger partial charge in [0.2, 0.25) is 0 Å². The van der Waals surface area contributed by atoms with Gasteiger partial charge in [0, 0.05) is 19.3 Å². The van der Waals surface area contributed by atoms with Crippen LogP contribution in [0.15, 0.2) is 72.9 Å². The number of rotatable bonds is 44. The van der Waals surface area contributed by atoms with Crippen molar-refractivity contribution in [1.82, 2.24) is 0 Å². The van der Waals surface area contributed by atoms with Gasteiger partial charge in [-0.2, -0.15) is 0 Å². The van der Waals surface area contributed by atoms with Gasteiger partial charge in [0.15, 0.2) is 6.10 Å². The van der Waals surface area contributed by atoms with Crippen LogP contribution < -0.4 is 0 Å². The summed E-state index contributed by atoms with van der Waals surface area (Å²) in [5.41, 5.74) is 0. The summed E-state index contributed by atoms with van der Waals surface area (Å²) in [6.07, 6.45) is 60.3. The van der Waals surface area contributed by atoms with E-state index >= 15 is 0 Å². The number of carbonyl (C=O) groups excluding carboxylic acids is 3.